The maximum Gasteiger partial charge on any atom is 0.373 e. The van der Waals surface area contributed by atoms with Crippen LogP contribution >= 0.6 is 11.6 Å². The highest BCUT2D eigenvalue weighted by molar-refractivity contribution is 6.30. The van der Waals surface area contributed by atoms with Crippen LogP contribution in [0.1, 0.15) is 20.8 Å². The summed E-state index contributed by atoms with van der Waals surface area (Å²) < 4.78 is 0. The zero-order valence-corrected chi connectivity index (χ0v) is 7.92. The van der Waals surface area contributed by atoms with E-state index in [1.54, 1.807) is 13.8 Å². The van der Waals surface area contributed by atoms with Crippen LogP contribution in [0, 0.1) is 5.92 Å². The fraction of sp³-hybridized carbons (Fsp3) is 0.714. The van der Waals surface area contributed by atoms with Crippen molar-refractivity contribution in [3.63, 3.8) is 0 Å². The Morgan fingerprint density at radius 3 is 2.08 bits per heavy atom. The summed E-state index contributed by atoms with van der Waals surface area (Å²) in [5.74, 6) is -1.49. The number of carbonyl (C=O) groups is 2. The number of halogens is 1. The van der Waals surface area contributed by atoms with Crippen LogP contribution < -0.4 is 0 Å². The molecule has 0 aromatic rings. The first-order valence-electron chi connectivity index (χ1n) is 3.48. The molecule has 1 unspecified atom stereocenters. The van der Waals surface area contributed by atoms with Crippen LogP contribution in [-0.4, -0.2) is 17.3 Å². The van der Waals surface area contributed by atoms with Gasteiger partial charge in [0.15, 0.2) is 0 Å². The first-order chi connectivity index (χ1) is 5.45. The normalized spacial score (nSPS) is 12.4. The molecule has 0 bridgehead atoms. The van der Waals surface area contributed by atoms with Crippen LogP contribution in [0.4, 0.5) is 0 Å². The van der Waals surface area contributed by atoms with Gasteiger partial charge in [0.05, 0.1) is 0 Å². The topological polar surface area (TPSA) is 52.6 Å². The van der Waals surface area contributed by atoms with Gasteiger partial charge in [0.1, 0.15) is 5.38 Å². The van der Waals surface area contributed by atoms with E-state index in [4.69, 9.17) is 11.6 Å². The van der Waals surface area contributed by atoms with E-state index in [0.29, 0.717) is 0 Å². The van der Waals surface area contributed by atoms with Gasteiger partial charge < -0.3 is 0 Å². The predicted octanol–water partition coefficient (Wildman–Crippen LogP) is 1.27. The molecule has 0 radical (unpaired) electrons. The molecular weight excluding hydrogens is 184 g/mol. The Kier molecular flexibility index (Phi) is 4.66. The van der Waals surface area contributed by atoms with Crippen molar-refractivity contribution in [2.75, 3.05) is 0 Å². The van der Waals surface area contributed by atoms with Gasteiger partial charge in [-0.05, 0) is 5.92 Å². The molecule has 0 saturated heterocycles. The van der Waals surface area contributed by atoms with Crippen molar-refractivity contribution < 1.29 is 19.4 Å². The van der Waals surface area contributed by atoms with Crippen LogP contribution in [-0.2, 0) is 19.4 Å². The van der Waals surface area contributed by atoms with Crippen molar-refractivity contribution in [2.45, 2.75) is 26.1 Å². The lowest BCUT2D eigenvalue weighted by molar-refractivity contribution is -0.257. The lowest BCUT2D eigenvalue weighted by Crippen LogP contribution is -2.23. The maximum atomic E-state index is 10.9. The van der Waals surface area contributed by atoms with Gasteiger partial charge in [0.25, 0.3) is 0 Å². The molecule has 0 aliphatic carbocycles. The Morgan fingerprint density at radius 1 is 1.25 bits per heavy atom. The fourth-order valence-corrected chi connectivity index (χ4v) is 0.454. The molecule has 0 N–H and O–H groups in total. The van der Waals surface area contributed by atoms with Crippen LogP contribution in [0.15, 0.2) is 0 Å². The SMILES string of the molecule is CC(=O)OOC(=O)C(Cl)C(C)C. The quantitative estimate of drug-likeness (QED) is 0.378. The molecule has 0 aliphatic heterocycles. The number of alkyl halides is 1. The Labute approximate surface area is 75.7 Å². The lowest BCUT2D eigenvalue weighted by atomic mass is 10.1. The fourth-order valence-electron chi connectivity index (χ4n) is 0.418. The highest BCUT2D eigenvalue weighted by atomic mass is 35.5. The highest BCUT2D eigenvalue weighted by Gasteiger charge is 2.22. The van der Waals surface area contributed by atoms with Crippen molar-refractivity contribution in [2.24, 2.45) is 5.92 Å². The molecule has 0 aliphatic rings. The largest absolute Gasteiger partial charge is 0.373 e. The first-order valence-corrected chi connectivity index (χ1v) is 3.91. The molecule has 0 fully saturated rings. The Bertz CT molecular complexity index is 178. The molecule has 0 spiro atoms. The Hall–Kier alpha value is -0.770. The predicted molar refractivity (Wildman–Crippen MR) is 42.3 cm³/mol. The van der Waals surface area contributed by atoms with Gasteiger partial charge in [-0.1, -0.05) is 13.8 Å². The van der Waals surface area contributed by atoms with Crippen LogP contribution in [0.2, 0.25) is 0 Å². The molecule has 70 valence electrons. The minimum absolute atomic E-state index is 0.0604. The molecule has 0 aromatic carbocycles. The number of rotatable bonds is 2. The summed E-state index contributed by atoms with van der Waals surface area (Å²) in [6, 6.07) is 0. The maximum absolute atomic E-state index is 10.9. The van der Waals surface area contributed by atoms with Gasteiger partial charge in [-0.2, -0.15) is 0 Å². The number of hydrogen-bond acceptors (Lipinski definition) is 4. The van der Waals surface area contributed by atoms with Gasteiger partial charge in [-0.15, -0.1) is 11.6 Å². The summed E-state index contributed by atoms with van der Waals surface area (Å²) in [6.07, 6.45) is 0. The van der Waals surface area contributed by atoms with Crippen molar-refractivity contribution in [3.8, 4) is 0 Å². The van der Waals surface area contributed by atoms with Gasteiger partial charge in [-0.3, -0.25) is 0 Å². The minimum atomic E-state index is -0.788. The lowest BCUT2D eigenvalue weighted by Gasteiger charge is -2.09. The third-order valence-electron chi connectivity index (χ3n) is 1.05. The molecule has 1 atom stereocenters. The van der Waals surface area contributed by atoms with Crippen LogP contribution in [0.5, 0.6) is 0 Å². The van der Waals surface area contributed by atoms with Crippen LogP contribution in [0.25, 0.3) is 0 Å². The minimum Gasteiger partial charge on any atom is -0.248 e. The van der Waals surface area contributed by atoms with E-state index in [1.165, 1.54) is 0 Å². The average Bonchev–Trinajstić information content (AvgIpc) is 1.98. The van der Waals surface area contributed by atoms with E-state index in [2.05, 4.69) is 9.78 Å². The number of carbonyl (C=O) groups excluding carboxylic acids is 2. The second-order valence-electron chi connectivity index (χ2n) is 2.62. The molecule has 0 aromatic heterocycles. The summed E-state index contributed by atoms with van der Waals surface area (Å²) >= 11 is 5.58. The van der Waals surface area contributed by atoms with Gasteiger partial charge in [0, 0.05) is 6.92 Å². The van der Waals surface area contributed by atoms with Gasteiger partial charge in [-0.25, -0.2) is 19.4 Å². The number of hydrogen-bond donors (Lipinski definition) is 0. The van der Waals surface area contributed by atoms with E-state index in [0.717, 1.165) is 6.92 Å². The molecular formula is C7H11ClO4. The summed E-state index contributed by atoms with van der Waals surface area (Å²) in [6.45, 7) is 4.64. The first kappa shape index (κ1) is 11.2. The second kappa shape index (κ2) is 4.98. The average molecular weight is 195 g/mol. The molecule has 5 heteroatoms. The zero-order chi connectivity index (χ0) is 9.72. The van der Waals surface area contributed by atoms with E-state index < -0.39 is 17.3 Å². The molecule has 0 heterocycles. The summed E-state index contributed by atoms with van der Waals surface area (Å²) in [5, 5.41) is -0.788. The third-order valence-corrected chi connectivity index (χ3v) is 1.73. The molecule has 12 heavy (non-hydrogen) atoms. The summed E-state index contributed by atoms with van der Waals surface area (Å²) in [7, 11) is 0. The van der Waals surface area contributed by atoms with E-state index in [9.17, 15) is 9.59 Å². The zero-order valence-electron chi connectivity index (χ0n) is 7.17. The Morgan fingerprint density at radius 2 is 1.75 bits per heavy atom. The Balaban J connectivity index is 3.80. The summed E-state index contributed by atoms with van der Waals surface area (Å²) in [4.78, 5) is 29.2. The molecule has 0 amide bonds. The van der Waals surface area contributed by atoms with Crippen molar-refractivity contribution in [1.29, 1.82) is 0 Å². The van der Waals surface area contributed by atoms with Crippen molar-refractivity contribution in [3.05, 3.63) is 0 Å². The third kappa shape index (κ3) is 4.18. The standard InChI is InChI=1S/C7H11ClO4/c1-4(2)6(8)7(10)12-11-5(3)9/h4,6H,1-3H3. The van der Waals surface area contributed by atoms with Gasteiger partial charge in [0.2, 0.25) is 0 Å². The van der Waals surface area contributed by atoms with Gasteiger partial charge >= 0.3 is 11.9 Å². The van der Waals surface area contributed by atoms with E-state index in [-0.39, 0.29) is 5.92 Å². The summed E-state index contributed by atoms with van der Waals surface area (Å²) in [5.41, 5.74) is 0. The second-order valence-corrected chi connectivity index (χ2v) is 3.09. The highest BCUT2D eigenvalue weighted by Crippen LogP contribution is 2.10. The van der Waals surface area contributed by atoms with E-state index >= 15 is 0 Å². The van der Waals surface area contributed by atoms with Crippen LogP contribution in [0.3, 0.4) is 0 Å². The van der Waals surface area contributed by atoms with E-state index in [1.807, 2.05) is 0 Å². The smallest absolute Gasteiger partial charge is 0.248 e. The molecule has 4 nitrogen and oxygen atoms in total. The molecule has 0 rings (SSSR count). The molecule has 0 saturated carbocycles. The van der Waals surface area contributed by atoms with Crippen molar-refractivity contribution in [1.82, 2.24) is 0 Å². The monoisotopic (exact) mass is 194 g/mol. The van der Waals surface area contributed by atoms with Crippen molar-refractivity contribution >= 4 is 23.5 Å².